The zero-order valence-electron chi connectivity index (χ0n) is 13.0. The van der Waals surface area contributed by atoms with Crippen LogP contribution in [0.1, 0.15) is 71.1 Å². The second kappa shape index (κ2) is 13.2. The van der Waals surface area contributed by atoms with E-state index in [0.717, 1.165) is 51.7 Å². The Balaban J connectivity index is 1.84. The molecule has 0 bridgehead atoms. The third-order valence-electron chi connectivity index (χ3n) is 3.32. The predicted molar refractivity (Wildman–Crippen MR) is 84.5 cm³/mol. The monoisotopic (exact) mass is 278 g/mol. The quantitative estimate of drug-likeness (QED) is 0.341. The summed E-state index contributed by atoms with van der Waals surface area (Å²) in [4.78, 5) is 0. The number of unbranched alkanes of at least 4 members (excludes halogenated alkanes) is 4. The molecule has 2 nitrogen and oxygen atoms in total. The van der Waals surface area contributed by atoms with Gasteiger partial charge in [0.2, 0.25) is 0 Å². The van der Waals surface area contributed by atoms with Crippen LogP contribution in [-0.2, 0) is 9.47 Å². The summed E-state index contributed by atoms with van der Waals surface area (Å²) in [6.45, 7) is 3.88. The summed E-state index contributed by atoms with van der Waals surface area (Å²) in [5, 5.41) is 0. The topological polar surface area (TPSA) is 18.5 Å². The first-order chi connectivity index (χ1) is 9.93. The second-order valence-electron chi connectivity index (χ2n) is 5.28. The van der Waals surface area contributed by atoms with Gasteiger partial charge in [0.25, 0.3) is 0 Å². The highest BCUT2D eigenvalue weighted by atomic mass is 16.7. The van der Waals surface area contributed by atoms with E-state index in [0.29, 0.717) is 0 Å². The van der Waals surface area contributed by atoms with Gasteiger partial charge in [-0.1, -0.05) is 25.5 Å². The van der Waals surface area contributed by atoms with E-state index in [2.05, 4.69) is 30.9 Å². The van der Waals surface area contributed by atoms with Crippen molar-refractivity contribution in [3.63, 3.8) is 0 Å². The lowest BCUT2D eigenvalue weighted by molar-refractivity contribution is -0.162. The molecular formula is C18H30O2. The predicted octanol–water partition coefficient (Wildman–Crippen LogP) is 4.84. The fourth-order valence-corrected chi connectivity index (χ4v) is 2.11. The van der Waals surface area contributed by atoms with Crippen LogP contribution in [0.15, 0.2) is 12.2 Å². The highest BCUT2D eigenvalue weighted by Crippen LogP contribution is 2.14. The Morgan fingerprint density at radius 2 is 1.95 bits per heavy atom. The average molecular weight is 278 g/mol. The van der Waals surface area contributed by atoms with Gasteiger partial charge in [0.15, 0.2) is 6.29 Å². The molecule has 2 heteroatoms. The van der Waals surface area contributed by atoms with Crippen LogP contribution in [0.25, 0.3) is 0 Å². The summed E-state index contributed by atoms with van der Waals surface area (Å²) in [5.41, 5.74) is 0. The number of hydrogen-bond acceptors (Lipinski definition) is 2. The molecule has 1 heterocycles. The van der Waals surface area contributed by atoms with E-state index < -0.39 is 0 Å². The van der Waals surface area contributed by atoms with Gasteiger partial charge in [-0.2, -0.15) is 0 Å². The first-order valence-electron chi connectivity index (χ1n) is 8.27. The first kappa shape index (κ1) is 17.3. The van der Waals surface area contributed by atoms with Crippen LogP contribution in [0, 0.1) is 11.8 Å². The van der Waals surface area contributed by atoms with Crippen molar-refractivity contribution in [3.05, 3.63) is 12.2 Å². The number of allylic oxidation sites excluding steroid dienone is 2. The maximum absolute atomic E-state index is 5.69. The second-order valence-corrected chi connectivity index (χ2v) is 5.28. The summed E-state index contributed by atoms with van der Waals surface area (Å²) in [6.07, 6.45) is 15.8. The zero-order chi connectivity index (χ0) is 14.3. The Bertz CT molecular complexity index is 292. The highest BCUT2D eigenvalue weighted by molar-refractivity contribution is 5.00. The summed E-state index contributed by atoms with van der Waals surface area (Å²) < 4.78 is 11.2. The molecule has 1 aliphatic rings. The van der Waals surface area contributed by atoms with E-state index in [4.69, 9.17) is 9.47 Å². The molecule has 0 saturated carbocycles. The molecule has 0 aliphatic carbocycles. The van der Waals surface area contributed by atoms with E-state index in [1.807, 2.05) is 0 Å². The molecule has 0 radical (unpaired) electrons. The lowest BCUT2D eigenvalue weighted by atomic mass is 10.2. The zero-order valence-corrected chi connectivity index (χ0v) is 13.0. The smallest absolute Gasteiger partial charge is 0.157 e. The molecule has 1 rings (SSSR count). The van der Waals surface area contributed by atoms with E-state index >= 15 is 0 Å². The number of ether oxygens (including phenoxy) is 2. The van der Waals surface area contributed by atoms with Gasteiger partial charge in [-0.3, -0.25) is 0 Å². The molecule has 0 N–H and O–H groups in total. The molecule has 0 unspecified atom stereocenters. The van der Waals surface area contributed by atoms with Gasteiger partial charge in [0.05, 0.1) is 0 Å². The molecular weight excluding hydrogens is 248 g/mol. The van der Waals surface area contributed by atoms with Crippen molar-refractivity contribution >= 4 is 0 Å². The van der Waals surface area contributed by atoms with Crippen molar-refractivity contribution in [2.45, 2.75) is 77.4 Å². The summed E-state index contributed by atoms with van der Waals surface area (Å²) >= 11 is 0. The first-order valence-corrected chi connectivity index (χ1v) is 8.27. The minimum Gasteiger partial charge on any atom is -0.353 e. The SMILES string of the molecule is CCC/C=C\CCC#CCCCCO[C@H]1CCCCO1. The molecule has 0 aromatic rings. The Hall–Kier alpha value is -0.780. The molecule has 0 aromatic carbocycles. The Labute approximate surface area is 124 Å². The van der Waals surface area contributed by atoms with Crippen molar-refractivity contribution in [1.29, 1.82) is 0 Å². The molecule has 0 aromatic heterocycles. The third-order valence-corrected chi connectivity index (χ3v) is 3.32. The molecule has 0 spiro atoms. The van der Waals surface area contributed by atoms with Crippen LogP contribution in [0.4, 0.5) is 0 Å². The molecule has 1 fully saturated rings. The third kappa shape index (κ3) is 10.1. The van der Waals surface area contributed by atoms with Gasteiger partial charge >= 0.3 is 0 Å². The van der Waals surface area contributed by atoms with Crippen LogP contribution >= 0.6 is 0 Å². The van der Waals surface area contributed by atoms with E-state index in [-0.39, 0.29) is 6.29 Å². The maximum Gasteiger partial charge on any atom is 0.157 e. The minimum absolute atomic E-state index is 0.0599. The molecule has 1 atom stereocenters. The van der Waals surface area contributed by atoms with Crippen molar-refractivity contribution in [3.8, 4) is 11.8 Å². The lowest BCUT2D eigenvalue weighted by Gasteiger charge is -2.22. The van der Waals surface area contributed by atoms with Crippen LogP contribution in [0.3, 0.4) is 0 Å². The lowest BCUT2D eigenvalue weighted by Crippen LogP contribution is -2.22. The summed E-state index contributed by atoms with van der Waals surface area (Å²) in [6, 6.07) is 0. The Kier molecular flexibility index (Phi) is 11.4. The van der Waals surface area contributed by atoms with E-state index in [1.165, 1.54) is 25.7 Å². The molecule has 20 heavy (non-hydrogen) atoms. The Morgan fingerprint density at radius 1 is 1.10 bits per heavy atom. The van der Waals surface area contributed by atoms with Crippen LogP contribution in [0.2, 0.25) is 0 Å². The van der Waals surface area contributed by atoms with E-state index in [9.17, 15) is 0 Å². The van der Waals surface area contributed by atoms with Gasteiger partial charge in [0, 0.05) is 26.1 Å². The molecule has 114 valence electrons. The highest BCUT2D eigenvalue weighted by Gasteiger charge is 2.12. The summed E-state index contributed by atoms with van der Waals surface area (Å²) in [7, 11) is 0. The summed E-state index contributed by atoms with van der Waals surface area (Å²) in [5.74, 6) is 6.48. The van der Waals surface area contributed by atoms with Gasteiger partial charge < -0.3 is 9.47 Å². The standard InChI is InChI=1S/C18H30O2/c1-2-3-4-5-6-7-8-9-10-11-13-16-19-18-15-12-14-17-20-18/h4-5,18H,2-3,6-7,10-17H2,1H3/b5-4-/t18-/m1/s1. The van der Waals surface area contributed by atoms with Crippen LogP contribution in [-0.4, -0.2) is 19.5 Å². The van der Waals surface area contributed by atoms with Gasteiger partial charge in [-0.05, 0) is 44.9 Å². The fraction of sp³-hybridized carbons (Fsp3) is 0.778. The van der Waals surface area contributed by atoms with Crippen molar-refractivity contribution < 1.29 is 9.47 Å². The van der Waals surface area contributed by atoms with Crippen molar-refractivity contribution in [1.82, 2.24) is 0 Å². The van der Waals surface area contributed by atoms with Crippen LogP contribution in [0.5, 0.6) is 0 Å². The van der Waals surface area contributed by atoms with E-state index in [1.54, 1.807) is 0 Å². The van der Waals surface area contributed by atoms with Crippen LogP contribution < -0.4 is 0 Å². The van der Waals surface area contributed by atoms with Gasteiger partial charge in [0.1, 0.15) is 0 Å². The minimum atomic E-state index is 0.0599. The molecule has 1 aliphatic heterocycles. The van der Waals surface area contributed by atoms with Gasteiger partial charge in [-0.15, -0.1) is 11.8 Å². The number of rotatable bonds is 9. The average Bonchev–Trinajstić information content (AvgIpc) is 2.49. The number of hydrogen-bond donors (Lipinski definition) is 0. The Morgan fingerprint density at radius 3 is 2.75 bits per heavy atom. The van der Waals surface area contributed by atoms with Crippen molar-refractivity contribution in [2.24, 2.45) is 0 Å². The molecule has 0 amide bonds. The van der Waals surface area contributed by atoms with Gasteiger partial charge in [-0.25, -0.2) is 0 Å². The van der Waals surface area contributed by atoms with Crippen molar-refractivity contribution in [2.75, 3.05) is 13.2 Å². The fourth-order valence-electron chi connectivity index (χ4n) is 2.11. The largest absolute Gasteiger partial charge is 0.353 e. The maximum atomic E-state index is 5.69. The molecule has 1 saturated heterocycles. The normalized spacial score (nSPS) is 18.9.